The van der Waals surface area contributed by atoms with Gasteiger partial charge in [-0.05, 0) is 36.6 Å². The van der Waals surface area contributed by atoms with Gasteiger partial charge in [0, 0.05) is 17.3 Å². The molecule has 0 saturated heterocycles. The first-order valence-corrected chi connectivity index (χ1v) is 8.39. The summed E-state index contributed by atoms with van der Waals surface area (Å²) in [6.45, 7) is 0.585. The quantitative estimate of drug-likeness (QED) is 0.846. The van der Waals surface area contributed by atoms with E-state index in [2.05, 4.69) is 10.6 Å². The molecule has 1 aliphatic carbocycles. The lowest BCUT2D eigenvalue weighted by Gasteiger charge is -2.06. The second-order valence-corrected chi connectivity index (χ2v) is 6.41. The number of nitrogens with one attached hydrogen (secondary N) is 2. The summed E-state index contributed by atoms with van der Waals surface area (Å²) in [5.41, 5.74) is 1.84. The van der Waals surface area contributed by atoms with Crippen LogP contribution in [0.2, 0.25) is 5.02 Å². The highest BCUT2D eigenvalue weighted by molar-refractivity contribution is 6.30. The molecule has 0 aromatic heterocycles. The van der Waals surface area contributed by atoms with Gasteiger partial charge < -0.3 is 10.6 Å². The van der Waals surface area contributed by atoms with Gasteiger partial charge in [-0.3, -0.25) is 9.59 Å². The highest BCUT2D eigenvalue weighted by Crippen LogP contribution is 2.39. The summed E-state index contributed by atoms with van der Waals surface area (Å²) in [6, 6.07) is 17.0. The first kappa shape index (κ1) is 16.5. The maximum atomic E-state index is 12.2. The molecule has 0 heterocycles. The molecular formula is C19H19ClN2O2. The predicted molar refractivity (Wildman–Crippen MR) is 94.8 cm³/mol. The zero-order valence-electron chi connectivity index (χ0n) is 13.2. The molecule has 2 amide bonds. The molecule has 2 aromatic rings. The van der Waals surface area contributed by atoms with E-state index in [0.29, 0.717) is 23.7 Å². The summed E-state index contributed by atoms with van der Waals surface area (Å²) in [5.74, 6) is -0.640. The largest absolute Gasteiger partial charge is 0.356 e. The Bertz CT molecular complexity index is 733. The van der Waals surface area contributed by atoms with Gasteiger partial charge in [0.05, 0.1) is 11.8 Å². The number of rotatable bonds is 6. The SMILES string of the molecule is O=C(NCCc1ccccc1)C1CC1C(=O)Nc1cccc(Cl)c1. The van der Waals surface area contributed by atoms with Crippen LogP contribution >= 0.6 is 11.6 Å². The molecule has 2 N–H and O–H groups in total. The minimum Gasteiger partial charge on any atom is -0.356 e. The Labute approximate surface area is 146 Å². The first-order chi connectivity index (χ1) is 11.6. The van der Waals surface area contributed by atoms with Crippen molar-refractivity contribution >= 4 is 29.1 Å². The van der Waals surface area contributed by atoms with Gasteiger partial charge in [0.2, 0.25) is 11.8 Å². The molecule has 0 radical (unpaired) electrons. The minimum atomic E-state index is -0.249. The molecule has 1 aliphatic rings. The van der Waals surface area contributed by atoms with Crippen LogP contribution in [0, 0.1) is 11.8 Å². The van der Waals surface area contributed by atoms with Crippen LogP contribution in [0.4, 0.5) is 5.69 Å². The Kier molecular flexibility index (Phi) is 5.16. The maximum Gasteiger partial charge on any atom is 0.228 e. The third kappa shape index (κ3) is 4.36. The fraction of sp³-hybridized carbons (Fsp3) is 0.263. The lowest BCUT2D eigenvalue weighted by molar-refractivity contribution is -0.125. The molecule has 4 nitrogen and oxygen atoms in total. The zero-order valence-corrected chi connectivity index (χ0v) is 13.9. The molecule has 5 heteroatoms. The van der Waals surface area contributed by atoms with Crippen LogP contribution in [0.25, 0.3) is 0 Å². The third-order valence-corrected chi connectivity index (χ3v) is 4.35. The topological polar surface area (TPSA) is 58.2 Å². The molecule has 24 heavy (non-hydrogen) atoms. The minimum absolute atomic E-state index is 0.0443. The van der Waals surface area contributed by atoms with Crippen LogP contribution in [0.15, 0.2) is 54.6 Å². The second kappa shape index (κ2) is 7.49. The van der Waals surface area contributed by atoms with Gasteiger partial charge in [-0.2, -0.15) is 0 Å². The zero-order chi connectivity index (χ0) is 16.9. The molecule has 2 unspecified atom stereocenters. The lowest BCUT2D eigenvalue weighted by Crippen LogP contribution is -2.29. The standard InChI is InChI=1S/C19H19ClN2O2/c20-14-7-4-8-15(11-14)22-19(24)17-12-16(17)18(23)21-10-9-13-5-2-1-3-6-13/h1-8,11,16-17H,9-10,12H2,(H,21,23)(H,22,24). The number of anilines is 1. The van der Waals surface area contributed by atoms with Crippen LogP contribution in [0.3, 0.4) is 0 Å². The van der Waals surface area contributed by atoms with Crippen LogP contribution in [-0.2, 0) is 16.0 Å². The molecule has 0 aliphatic heterocycles. The molecule has 0 bridgehead atoms. The molecule has 3 rings (SSSR count). The monoisotopic (exact) mass is 342 g/mol. The van der Waals surface area contributed by atoms with E-state index in [0.717, 1.165) is 6.42 Å². The van der Waals surface area contributed by atoms with Crippen molar-refractivity contribution in [2.75, 3.05) is 11.9 Å². The highest BCUT2D eigenvalue weighted by Gasteiger charge is 2.47. The smallest absolute Gasteiger partial charge is 0.228 e. The van der Waals surface area contributed by atoms with Crippen molar-refractivity contribution < 1.29 is 9.59 Å². The summed E-state index contributed by atoms with van der Waals surface area (Å²) >= 11 is 5.89. The van der Waals surface area contributed by atoms with E-state index in [1.165, 1.54) is 5.56 Å². The molecule has 2 atom stereocenters. The number of halogens is 1. The van der Waals surface area contributed by atoms with Crippen molar-refractivity contribution in [3.05, 3.63) is 65.2 Å². The summed E-state index contributed by atoms with van der Waals surface area (Å²) in [7, 11) is 0. The summed E-state index contributed by atoms with van der Waals surface area (Å²) < 4.78 is 0. The second-order valence-electron chi connectivity index (χ2n) is 5.97. The molecular weight excluding hydrogens is 324 g/mol. The van der Waals surface area contributed by atoms with Crippen LogP contribution in [0.1, 0.15) is 12.0 Å². The van der Waals surface area contributed by atoms with Crippen molar-refractivity contribution in [1.82, 2.24) is 5.32 Å². The summed E-state index contributed by atoms with van der Waals surface area (Å²) in [5, 5.41) is 6.29. The van der Waals surface area contributed by atoms with E-state index in [4.69, 9.17) is 11.6 Å². The number of amides is 2. The third-order valence-electron chi connectivity index (χ3n) is 4.11. The van der Waals surface area contributed by atoms with Crippen molar-refractivity contribution in [1.29, 1.82) is 0 Å². The summed E-state index contributed by atoms with van der Waals surface area (Å²) in [6.07, 6.45) is 1.39. The van der Waals surface area contributed by atoms with E-state index in [9.17, 15) is 9.59 Å². The fourth-order valence-corrected chi connectivity index (χ4v) is 2.87. The van der Waals surface area contributed by atoms with Gasteiger partial charge in [-0.25, -0.2) is 0 Å². The molecule has 2 aromatic carbocycles. The Morgan fingerprint density at radius 1 is 1.00 bits per heavy atom. The van der Waals surface area contributed by atoms with Crippen LogP contribution in [0.5, 0.6) is 0 Å². The van der Waals surface area contributed by atoms with Crippen molar-refractivity contribution in [2.24, 2.45) is 11.8 Å². The van der Waals surface area contributed by atoms with Gasteiger partial charge in [0.15, 0.2) is 0 Å². The summed E-state index contributed by atoms with van der Waals surface area (Å²) in [4.78, 5) is 24.3. The lowest BCUT2D eigenvalue weighted by atomic mass is 10.1. The van der Waals surface area contributed by atoms with E-state index < -0.39 is 0 Å². The predicted octanol–water partition coefficient (Wildman–Crippen LogP) is 3.27. The molecule has 1 saturated carbocycles. The Hall–Kier alpha value is -2.33. The van der Waals surface area contributed by atoms with Crippen molar-refractivity contribution in [3.8, 4) is 0 Å². The average Bonchev–Trinajstić information content (AvgIpc) is 3.37. The van der Waals surface area contributed by atoms with Gasteiger partial charge >= 0.3 is 0 Å². The Morgan fingerprint density at radius 2 is 1.75 bits per heavy atom. The average molecular weight is 343 g/mol. The Balaban J connectivity index is 1.42. The van der Waals surface area contributed by atoms with Crippen molar-refractivity contribution in [3.63, 3.8) is 0 Å². The van der Waals surface area contributed by atoms with Gasteiger partial charge in [-0.15, -0.1) is 0 Å². The van der Waals surface area contributed by atoms with E-state index in [-0.39, 0.29) is 23.7 Å². The first-order valence-electron chi connectivity index (χ1n) is 8.01. The maximum absolute atomic E-state index is 12.2. The van der Waals surface area contributed by atoms with Crippen LogP contribution in [-0.4, -0.2) is 18.4 Å². The van der Waals surface area contributed by atoms with Gasteiger partial charge in [0.25, 0.3) is 0 Å². The molecule has 0 spiro atoms. The van der Waals surface area contributed by atoms with Gasteiger partial charge in [0.1, 0.15) is 0 Å². The van der Waals surface area contributed by atoms with E-state index >= 15 is 0 Å². The molecule has 124 valence electrons. The fourth-order valence-electron chi connectivity index (χ4n) is 2.68. The van der Waals surface area contributed by atoms with Gasteiger partial charge in [-0.1, -0.05) is 48.0 Å². The number of hydrogen-bond acceptors (Lipinski definition) is 2. The van der Waals surface area contributed by atoms with Crippen molar-refractivity contribution in [2.45, 2.75) is 12.8 Å². The molecule has 1 fully saturated rings. The van der Waals surface area contributed by atoms with Crippen LogP contribution < -0.4 is 10.6 Å². The highest BCUT2D eigenvalue weighted by atomic mass is 35.5. The Morgan fingerprint density at radius 3 is 2.50 bits per heavy atom. The van der Waals surface area contributed by atoms with E-state index in [1.54, 1.807) is 24.3 Å². The number of carbonyl (C=O) groups is 2. The number of benzene rings is 2. The number of carbonyl (C=O) groups excluding carboxylic acids is 2. The number of hydrogen-bond donors (Lipinski definition) is 2. The normalized spacial score (nSPS) is 18.7. The van der Waals surface area contributed by atoms with E-state index in [1.807, 2.05) is 30.3 Å².